The summed E-state index contributed by atoms with van der Waals surface area (Å²) in [6.45, 7) is 1.86. The highest BCUT2D eigenvalue weighted by Crippen LogP contribution is 2.40. The van der Waals surface area contributed by atoms with Gasteiger partial charge in [0, 0.05) is 12.0 Å². The number of hydrogen-bond donors (Lipinski definition) is 3. The zero-order chi connectivity index (χ0) is 15.4. The first-order valence-electron chi connectivity index (χ1n) is 8.51. The highest BCUT2D eigenvalue weighted by molar-refractivity contribution is 5.87. The Balaban J connectivity index is 1.82. The third-order valence-corrected chi connectivity index (χ3v) is 5.18. The Morgan fingerprint density at radius 2 is 1.73 bits per heavy atom. The number of carbonyl (C=O) groups excluding carboxylic acids is 1. The van der Waals surface area contributed by atoms with Gasteiger partial charge in [-0.05, 0) is 44.3 Å². The summed E-state index contributed by atoms with van der Waals surface area (Å²) < 4.78 is 0. The van der Waals surface area contributed by atoms with Gasteiger partial charge in [-0.15, -0.1) is 0 Å². The van der Waals surface area contributed by atoms with Crippen LogP contribution in [-0.2, 0) is 10.4 Å². The summed E-state index contributed by atoms with van der Waals surface area (Å²) in [6.07, 6.45) is 5.90. The van der Waals surface area contributed by atoms with Crippen molar-refractivity contribution in [3.05, 3.63) is 35.9 Å². The van der Waals surface area contributed by atoms with E-state index in [0.29, 0.717) is 0 Å². The third-order valence-electron chi connectivity index (χ3n) is 5.18. The quantitative estimate of drug-likeness (QED) is 0.796. The fourth-order valence-electron chi connectivity index (χ4n) is 3.85. The number of hydrogen-bond acceptors (Lipinski definition) is 3. The molecule has 1 aliphatic carbocycles. The minimum Gasteiger partial charge on any atom is -0.375 e. The second-order valence-corrected chi connectivity index (χ2v) is 6.61. The standard InChI is InChI=1S/C18H26N2O2/c21-17(20-16-10-12-19-13-11-16)18(22,15-8-4-5-9-15)14-6-2-1-3-7-14/h1-3,6-7,15-16,19,22H,4-5,8-13H2,(H,20,21). The van der Waals surface area contributed by atoms with Gasteiger partial charge >= 0.3 is 0 Å². The van der Waals surface area contributed by atoms with Crippen LogP contribution in [0.3, 0.4) is 0 Å². The Morgan fingerprint density at radius 1 is 1.09 bits per heavy atom. The lowest BCUT2D eigenvalue weighted by Crippen LogP contribution is -2.53. The van der Waals surface area contributed by atoms with E-state index in [1.807, 2.05) is 30.3 Å². The van der Waals surface area contributed by atoms with Crippen LogP contribution in [0.4, 0.5) is 0 Å². The molecule has 22 heavy (non-hydrogen) atoms. The van der Waals surface area contributed by atoms with E-state index in [9.17, 15) is 9.90 Å². The van der Waals surface area contributed by atoms with Gasteiger partial charge in [0.1, 0.15) is 0 Å². The first-order valence-corrected chi connectivity index (χ1v) is 8.51. The average Bonchev–Trinajstić information content (AvgIpc) is 3.11. The van der Waals surface area contributed by atoms with Crippen LogP contribution in [0, 0.1) is 5.92 Å². The molecule has 1 saturated carbocycles. The zero-order valence-electron chi connectivity index (χ0n) is 13.1. The summed E-state index contributed by atoms with van der Waals surface area (Å²) in [7, 11) is 0. The summed E-state index contributed by atoms with van der Waals surface area (Å²) in [5.74, 6) is -0.186. The molecule has 1 aliphatic heterocycles. The largest absolute Gasteiger partial charge is 0.375 e. The van der Waals surface area contributed by atoms with Gasteiger partial charge in [0.15, 0.2) is 5.60 Å². The van der Waals surface area contributed by atoms with Crippen molar-refractivity contribution >= 4 is 5.91 Å². The molecule has 1 aromatic carbocycles. The predicted octanol–water partition coefficient (Wildman–Crippen LogP) is 1.93. The topological polar surface area (TPSA) is 61.4 Å². The maximum Gasteiger partial charge on any atom is 0.257 e. The van der Waals surface area contributed by atoms with Gasteiger partial charge in [-0.3, -0.25) is 4.79 Å². The smallest absolute Gasteiger partial charge is 0.257 e. The molecule has 2 aliphatic rings. The van der Waals surface area contributed by atoms with E-state index in [1.54, 1.807) is 0 Å². The molecule has 0 spiro atoms. The normalized spacial score (nSPS) is 23.1. The van der Waals surface area contributed by atoms with E-state index in [1.165, 1.54) is 0 Å². The summed E-state index contributed by atoms with van der Waals surface area (Å²) >= 11 is 0. The molecule has 0 aromatic heterocycles. The molecule has 1 saturated heterocycles. The monoisotopic (exact) mass is 302 g/mol. The van der Waals surface area contributed by atoms with Crippen LogP contribution < -0.4 is 10.6 Å². The summed E-state index contributed by atoms with van der Waals surface area (Å²) in [5, 5.41) is 17.8. The minimum atomic E-state index is -1.39. The summed E-state index contributed by atoms with van der Waals surface area (Å²) in [4.78, 5) is 12.9. The molecule has 4 nitrogen and oxygen atoms in total. The molecule has 120 valence electrons. The molecule has 1 amide bonds. The van der Waals surface area contributed by atoms with E-state index in [2.05, 4.69) is 10.6 Å². The van der Waals surface area contributed by atoms with Gasteiger partial charge in [0.2, 0.25) is 0 Å². The van der Waals surface area contributed by atoms with Crippen LogP contribution >= 0.6 is 0 Å². The molecule has 3 rings (SSSR count). The van der Waals surface area contributed by atoms with Crippen molar-refractivity contribution in [1.82, 2.24) is 10.6 Å². The van der Waals surface area contributed by atoms with Crippen molar-refractivity contribution in [2.45, 2.75) is 50.2 Å². The average molecular weight is 302 g/mol. The maximum absolute atomic E-state index is 12.9. The maximum atomic E-state index is 12.9. The number of amides is 1. The number of carbonyl (C=O) groups is 1. The van der Waals surface area contributed by atoms with Crippen LogP contribution in [0.1, 0.15) is 44.1 Å². The van der Waals surface area contributed by atoms with Crippen LogP contribution in [0.25, 0.3) is 0 Å². The number of rotatable bonds is 4. The molecule has 4 heteroatoms. The zero-order valence-corrected chi connectivity index (χ0v) is 13.1. The Labute approximate surface area is 132 Å². The van der Waals surface area contributed by atoms with Gasteiger partial charge < -0.3 is 15.7 Å². The fraction of sp³-hybridized carbons (Fsp3) is 0.611. The molecular weight excluding hydrogens is 276 g/mol. The number of benzene rings is 1. The van der Waals surface area contributed by atoms with E-state index < -0.39 is 5.60 Å². The van der Waals surface area contributed by atoms with E-state index in [0.717, 1.165) is 57.2 Å². The van der Waals surface area contributed by atoms with Gasteiger partial charge in [-0.25, -0.2) is 0 Å². The van der Waals surface area contributed by atoms with Crippen molar-refractivity contribution in [1.29, 1.82) is 0 Å². The Hall–Kier alpha value is -1.39. The highest BCUT2D eigenvalue weighted by atomic mass is 16.3. The van der Waals surface area contributed by atoms with Crippen LogP contribution in [-0.4, -0.2) is 30.1 Å². The third kappa shape index (κ3) is 3.03. The second kappa shape index (κ2) is 6.80. The molecular formula is C18H26N2O2. The first-order chi connectivity index (χ1) is 10.7. The van der Waals surface area contributed by atoms with Crippen LogP contribution in [0.5, 0.6) is 0 Å². The Bertz CT molecular complexity index is 493. The molecule has 2 fully saturated rings. The number of aliphatic hydroxyl groups is 1. The molecule has 0 radical (unpaired) electrons. The SMILES string of the molecule is O=C(NC1CCNCC1)C(O)(c1ccccc1)C1CCCC1. The lowest BCUT2D eigenvalue weighted by molar-refractivity contribution is -0.148. The minimum absolute atomic E-state index is 0.0246. The summed E-state index contributed by atoms with van der Waals surface area (Å²) in [6, 6.07) is 9.63. The van der Waals surface area contributed by atoms with Crippen molar-refractivity contribution < 1.29 is 9.90 Å². The van der Waals surface area contributed by atoms with Gasteiger partial charge in [-0.1, -0.05) is 43.2 Å². The molecule has 0 bridgehead atoms. The van der Waals surface area contributed by atoms with Gasteiger partial charge in [0.25, 0.3) is 5.91 Å². The predicted molar refractivity (Wildman–Crippen MR) is 86.3 cm³/mol. The van der Waals surface area contributed by atoms with Gasteiger partial charge in [-0.2, -0.15) is 0 Å². The molecule has 1 heterocycles. The van der Waals surface area contributed by atoms with Gasteiger partial charge in [0.05, 0.1) is 0 Å². The van der Waals surface area contributed by atoms with Crippen molar-refractivity contribution in [2.75, 3.05) is 13.1 Å². The molecule has 1 aromatic rings. The fourth-order valence-corrected chi connectivity index (χ4v) is 3.85. The molecule has 1 atom stereocenters. The van der Waals surface area contributed by atoms with E-state index in [4.69, 9.17) is 0 Å². The first kappa shape index (κ1) is 15.5. The van der Waals surface area contributed by atoms with Crippen molar-refractivity contribution in [3.8, 4) is 0 Å². The lowest BCUT2D eigenvalue weighted by Gasteiger charge is -2.35. The number of nitrogens with one attached hydrogen (secondary N) is 2. The van der Waals surface area contributed by atoms with E-state index in [-0.39, 0.29) is 17.9 Å². The molecule has 3 N–H and O–H groups in total. The summed E-state index contributed by atoms with van der Waals surface area (Å²) in [5.41, 5.74) is -0.656. The Morgan fingerprint density at radius 3 is 2.36 bits per heavy atom. The second-order valence-electron chi connectivity index (χ2n) is 6.61. The van der Waals surface area contributed by atoms with Crippen LogP contribution in [0.2, 0.25) is 0 Å². The van der Waals surface area contributed by atoms with Crippen molar-refractivity contribution in [3.63, 3.8) is 0 Å². The Kier molecular flexibility index (Phi) is 4.79. The number of piperidine rings is 1. The van der Waals surface area contributed by atoms with E-state index >= 15 is 0 Å². The highest BCUT2D eigenvalue weighted by Gasteiger charge is 2.46. The lowest BCUT2D eigenvalue weighted by atomic mass is 9.79. The van der Waals surface area contributed by atoms with Crippen LogP contribution in [0.15, 0.2) is 30.3 Å². The molecule has 1 unspecified atom stereocenters. The van der Waals surface area contributed by atoms with Crippen molar-refractivity contribution in [2.24, 2.45) is 5.92 Å².